The Morgan fingerprint density at radius 1 is 1.40 bits per heavy atom. The minimum absolute atomic E-state index is 0.139. The van der Waals surface area contributed by atoms with Crippen molar-refractivity contribution >= 4 is 17.5 Å². The van der Waals surface area contributed by atoms with Crippen LogP contribution in [0.25, 0.3) is 0 Å². The maximum atomic E-state index is 10.9. The summed E-state index contributed by atoms with van der Waals surface area (Å²) in [4.78, 5) is 19.9. The molecule has 108 valence electrons. The normalized spacial score (nSPS) is 26.6. The summed E-state index contributed by atoms with van der Waals surface area (Å²) in [7, 11) is 2.19. The van der Waals surface area contributed by atoms with E-state index >= 15 is 0 Å². The van der Waals surface area contributed by atoms with Crippen LogP contribution in [0.15, 0.2) is 12.3 Å². The van der Waals surface area contributed by atoms with Crippen LogP contribution in [0.2, 0.25) is 0 Å². The fourth-order valence-corrected chi connectivity index (χ4v) is 3.36. The van der Waals surface area contributed by atoms with Gasteiger partial charge in [-0.3, -0.25) is 4.90 Å². The topological polar surface area (TPSA) is 82.7 Å². The van der Waals surface area contributed by atoms with E-state index in [-0.39, 0.29) is 5.56 Å². The molecule has 6 nitrogen and oxygen atoms in total. The van der Waals surface area contributed by atoms with E-state index in [9.17, 15) is 4.79 Å². The second-order valence-electron chi connectivity index (χ2n) is 5.73. The maximum Gasteiger partial charge on any atom is 0.337 e. The summed E-state index contributed by atoms with van der Waals surface area (Å²) in [5.41, 5.74) is 6.58. The van der Waals surface area contributed by atoms with Gasteiger partial charge >= 0.3 is 5.97 Å². The van der Waals surface area contributed by atoms with Gasteiger partial charge in [0.2, 0.25) is 0 Å². The van der Waals surface area contributed by atoms with E-state index in [1.54, 1.807) is 0 Å². The van der Waals surface area contributed by atoms with Gasteiger partial charge in [0.25, 0.3) is 0 Å². The molecule has 1 aromatic rings. The number of hydrogen-bond acceptors (Lipinski definition) is 5. The molecule has 0 radical (unpaired) electrons. The van der Waals surface area contributed by atoms with Crippen molar-refractivity contribution in [2.24, 2.45) is 0 Å². The summed E-state index contributed by atoms with van der Waals surface area (Å²) >= 11 is 0. The van der Waals surface area contributed by atoms with Gasteiger partial charge in [-0.1, -0.05) is 0 Å². The van der Waals surface area contributed by atoms with Gasteiger partial charge in [0, 0.05) is 31.4 Å². The Balaban J connectivity index is 1.84. The highest BCUT2D eigenvalue weighted by molar-refractivity contribution is 5.89. The number of nitrogens with zero attached hydrogens (tertiary/aromatic N) is 3. The standard InChI is InChI=1S/C14H20N4O2/c1-17-10-2-3-11(17)8-18(5-4-10)13-12(15)6-9(7-16-13)14(19)20/h6-7,10-11H,2-5,8,15H2,1H3,(H,19,20). The fourth-order valence-electron chi connectivity index (χ4n) is 3.36. The number of hydrogen-bond donors (Lipinski definition) is 2. The molecule has 0 amide bonds. The zero-order valence-electron chi connectivity index (χ0n) is 11.6. The molecule has 3 rings (SSSR count). The van der Waals surface area contributed by atoms with Crippen molar-refractivity contribution in [2.45, 2.75) is 31.3 Å². The monoisotopic (exact) mass is 276 g/mol. The van der Waals surface area contributed by atoms with Gasteiger partial charge in [0.1, 0.15) is 0 Å². The summed E-state index contributed by atoms with van der Waals surface area (Å²) in [6.45, 7) is 1.84. The highest BCUT2D eigenvalue weighted by Gasteiger charge is 2.35. The molecular weight excluding hydrogens is 256 g/mol. The lowest BCUT2D eigenvalue weighted by Gasteiger charge is -2.27. The molecule has 1 aromatic heterocycles. The van der Waals surface area contributed by atoms with Gasteiger partial charge in [-0.15, -0.1) is 0 Å². The Hall–Kier alpha value is -1.82. The Labute approximate surface area is 118 Å². The molecule has 2 aliphatic rings. The highest BCUT2D eigenvalue weighted by Crippen LogP contribution is 2.31. The summed E-state index contributed by atoms with van der Waals surface area (Å²) < 4.78 is 0. The van der Waals surface area contributed by atoms with Crippen molar-refractivity contribution in [3.8, 4) is 0 Å². The van der Waals surface area contributed by atoms with Gasteiger partial charge in [0.15, 0.2) is 5.82 Å². The third-order valence-corrected chi connectivity index (χ3v) is 4.59. The van der Waals surface area contributed by atoms with Crippen LogP contribution in [0.4, 0.5) is 11.5 Å². The molecule has 2 saturated heterocycles. The number of aromatic nitrogens is 1. The van der Waals surface area contributed by atoms with Crippen LogP contribution < -0.4 is 10.6 Å². The molecule has 2 bridgehead atoms. The average molecular weight is 276 g/mol. The molecule has 3 heterocycles. The van der Waals surface area contributed by atoms with E-state index in [1.165, 1.54) is 25.1 Å². The van der Waals surface area contributed by atoms with Gasteiger partial charge < -0.3 is 15.7 Å². The summed E-state index contributed by atoms with van der Waals surface area (Å²) in [5.74, 6) is -0.277. The van der Waals surface area contributed by atoms with Crippen molar-refractivity contribution < 1.29 is 9.90 Å². The van der Waals surface area contributed by atoms with E-state index in [0.717, 1.165) is 25.3 Å². The van der Waals surface area contributed by atoms with Crippen LogP contribution in [-0.2, 0) is 0 Å². The van der Waals surface area contributed by atoms with Crippen LogP contribution in [-0.4, -0.2) is 53.2 Å². The van der Waals surface area contributed by atoms with Crippen LogP contribution in [0, 0.1) is 0 Å². The number of carboxylic acids is 1. The molecule has 2 unspecified atom stereocenters. The van der Waals surface area contributed by atoms with Gasteiger partial charge in [0.05, 0.1) is 11.3 Å². The van der Waals surface area contributed by atoms with Crippen molar-refractivity contribution in [1.82, 2.24) is 9.88 Å². The molecular formula is C14H20N4O2. The van der Waals surface area contributed by atoms with Gasteiger partial charge in [-0.2, -0.15) is 0 Å². The second kappa shape index (κ2) is 4.94. The van der Waals surface area contributed by atoms with Crippen molar-refractivity contribution in [1.29, 1.82) is 0 Å². The number of carboxylic acid groups (broad SMARTS) is 1. The molecule has 0 spiro atoms. The first kappa shape index (κ1) is 13.2. The average Bonchev–Trinajstić information content (AvgIpc) is 2.64. The van der Waals surface area contributed by atoms with E-state index < -0.39 is 5.97 Å². The Bertz CT molecular complexity index is 534. The Morgan fingerprint density at radius 2 is 2.15 bits per heavy atom. The molecule has 0 aliphatic carbocycles. The third-order valence-electron chi connectivity index (χ3n) is 4.59. The Kier molecular flexibility index (Phi) is 3.25. The SMILES string of the molecule is CN1C2CCC1CN(c1ncc(C(=O)O)cc1N)CC2. The minimum Gasteiger partial charge on any atom is -0.478 e. The lowest BCUT2D eigenvalue weighted by molar-refractivity contribution is 0.0696. The van der Waals surface area contributed by atoms with E-state index in [4.69, 9.17) is 10.8 Å². The molecule has 2 fully saturated rings. The lowest BCUT2D eigenvalue weighted by atomic mass is 10.1. The predicted octanol–water partition coefficient (Wildman–Crippen LogP) is 1.03. The number of fused-ring (bicyclic) bond motifs is 2. The molecule has 2 aliphatic heterocycles. The summed E-state index contributed by atoms with van der Waals surface area (Å²) in [6, 6.07) is 2.70. The van der Waals surface area contributed by atoms with Gasteiger partial charge in [-0.05, 0) is 32.4 Å². The maximum absolute atomic E-state index is 10.9. The van der Waals surface area contributed by atoms with Crippen LogP contribution in [0.5, 0.6) is 0 Å². The quantitative estimate of drug-likeness (QED) is 0.839. The molecule has 2 atom stereocenters. The molecule has 20 heavy (non-hydrogen) atoms. The minimum atomic E-state index is -0.995. The van der Waals surface area contributed by atoms with E-state index in [1.807, 2.05) is 0 Å². The molecule has 0 saturated carbocycles. The van der Waals surface area contributed by atoms with E-state index in [2.05, 4.69) is 21.8 Å². The number of aromatic carboxylic acids is 1. The number of pyridine rings is 1. The number of anilines is 2. The van der Waals surface area contributed by atoms with E-state index in [0.29, 0.717) is 17.8 Å². The largest absolute Gasteiger partial charge is 0.478 e. The second-order valence-corrected chi connectivity index (χ2v) is 5.73. The first-order valence-corrected chi connectivity index (χ1v) is 7.02. The van der Waals surface area contributed by atoms with Crippen LogP contribution in [0.3, 0.4) is 0 Å². The number of rotatable bonds is 2. The molecule has 3 N–H and O–H groups in total. The Morgan fingerprint density at radius 3 is 2.85 bits per heavy atom. The van der Waals surface area contributed by atoms with Crippen molar-refractivity contribution in [3.05, 3.63) is 17.8 Å². The number of nitrogens with two attached hydrogens (primary N) is 1. The van der Waals surface area contributed by atoms with Gasteiger partial charge in [-0.25, -0.2) is 9.78 Å². The first-order valence-electron chi connectivity index (χ1n) is 7.02. The third kappa shape index (κ3) is 2.20. The zero-order valence-corrected chi connectivity index (χ0v) is 11.6. The lowest BCUT2D eigenvalue weighted by Crippen LogP contribution is -2.37. The van der Waals surface area contributed by atoms with Crippen molar-refractivity contribution in [2.75, 3.05) is 30.8 Å². The highest BCUT2D eigenvalue weighted by atomic mass is 16.4. The number of carbonyl (C=O) groups is 1. The van der Waals surface area contributed by atoms with Crippen molar-refractivity contribution in [3.63, 3.8) is 0 Å². The predicted molar refractivity (Wildman–Crippen MR) is 77.0 cm³/mol. The van der Waals surface area contributed by atoms with Crippen LogP contribution >= 0.6 is 0 Å². The zero-order chi connectivity index (χ0) is 14.3. The number of likely N-dealkylation sites (N-methyl/N-ethyl adjacent to an activating group) is 1. The molecule has 6 heteroatoms. The smallest absolute Gasteiger partial charge is 0.337 e. The number of nitrogen functional groups attached to an aromatic ring is 1. The summed E-state index contributed by atoms with van der Waals surface area (Å²) in [6.07, 6.45) is 4.98. The first-order chi connectivity index (χ1) is 9.56. The fraction of sp³-hybridized carbons (Fsp3) is 0.571. The van der Waals surface area contributed by atoms with Crippen LogP contribution in [0.1, 0.15) is 29.6 Å². The molecule has 0 aromatic carbocycles. The summed E-state index contributed by atoms with van der Waals surface area (Å²) in [5, 5.41) is 8.96.